The third-order valence-electron chi connectivity index (χ3n) is 1.19. The van der Waals surface area contributed by atoms with Crippen LogP contribution in [-0.4, -0.2) is 20.6 Å². The van der Waals surface area contributed by atoms with E-state index in [1.807, 2.05) is 6.07 Å². The molecule has 0 saturated heterocycles. The Balaban J connectivity index is 0.000000364. The fourth-order valence-corrected chi connectivity index (χ4v) is 0.692. The van der Waals surface area contributed by atoms with Gasteiger partial charge < -0.3 is 4.74 Å². The molecular formula is C8H8BF3O2. The number of methoxy groups -OCH3 is 1. The molecule has 0 radical (unpaired) electrons. The van der Waals surface area contributed by atoms with Gasteiger partial charge in [0.05, 0.1) is 12.7 Å². The predicted octanol–water partition coefficient (Wildman–Crippen LogP) is 2.35. The summed E-state index contributed by atoms with van der Waals surface area (Å²) in [6.07, 6.45) is 0. The second-order valence-electron chi connectivity index (χ2n) is 2.11. The maximum Gasteiger partial charge on any atom is 0.762 e. The average molecular weight is 204 g/mol. The van der Waals surface area contributed by atoms with Gasteiger partial charge in [0.15, 0.2) is 0 Å². The van der Waals surface area contributed by atoms with Gasteiger partial charge in [-0.25, -0.2) is 4.79 Å². The van der Waals surface area contributed by atoms with Crippen LogP contribution < -0.4 is 0 Å². The number of ether oxygens (including phenoxy) is 1. The van der Waals surface area contributed by atoms with Crippen LogP contribution in [-0.2, 0) is 4.74 Å². The first kappa shape index (κ1) is 12.5. The fourth-order valence-electron chi connectivity index (χ4n) is 0.692. The first-order valence-corrected chi connectivity index (χ1v) is 3.63. The third-order valence-corrected chi connectivity index (χ3v) is 1.19. The summed E-state index contributed by atoms with van der Waals surface area (Å²) in [5.41, 5.74) is 0.588. The highest BCUT2D eigenvalue weighted by Crippen LogP contribution is 1.98. The minimum atomic E-state index is -3.67. The zero-order chi connectivity index (χ0) is 11.0. The Morgan fingerprint density at radius 1 is 1.21 bits per heavy atom. The van der Waals surface area contributed by atoms with Gasteiger partial charge in [0.25, 0.3) is 0 Å². The van der Waals surface area contributed by atoms with Crippen LogP contribution in [0.1, 0.15) is 10.4 Å². The summed E-state index contributed by atoms with van der Waals surface area (Å²) in [5.74, 6) is -0.291. The molecule has 2 nitrogen and oxygen atoms in total. The van der Waals surface area contributed by atoms with E-state index in [9.17, 15) is 17.7 Å². The van der Waals surface area contributed by atoms with E-state index in [1.165, 1.54) is 7.11 Å². The van der Waals surface area contributed by atoms with Crippen LogP contribution >= 0.6 is 0 Å². The fraction of sp³-hybridized carbons (Fsp3) is 0.125. The van der Waals surface area contributed by atoms with Crippen molar-refractivity contribution in [2.45, 2.75) is 0 Å². The van der Waals surface area contributed by atoms with Crippen molar-refractivity contribution in [3.63, 3.8) is 0 Å². The van der Waals surface area contributed by atoms with Crippen LogP contribution in [0.4, 0.5) is 12.9 Å². The van der Waals surface area contributed by atoms with Crippen molar-refractivity contribution in [3.8, 4) is 0 Å². The molecule has 0 fully saturated rings. The van der Waals surface area contributed by atoms with E-state index < -0.39 is 7.54 Å². The van der Waals surface area contributed by atoms with Gasteiger partial charge in [-0.15, -0.1) is 0 Å². The standard InChI is InChI=1S/C8H8O2.BF3/c1-10-8(9)7-5-3-2-4-6-7;2-1(3)4/h2-6H,1H3;. The molecule has 0 amide bonds. The molecule has 0 aliphatic heterocycles. The summed E-state index contributed by atoms with van der Waals surface area (Å²) in [7, 11) is -2.30. The summed E-state index contributed by atoms with van der Waals surface area (Å²) < 4.78 is 33.5. The Bertz CT molecular complexity index is 264. The number of hydrogen-bond donors (Lipinski definition) is 0. The van der Waals surface area contributed by atoms with Crippen LogP contribution in [0.15, 0.2) is 30.3 Å². The number of esters is 1. The molecule has 0 aliphatic rings. The molecule has 0 heterocycles. The Labute approximate surface area is 79.9 Å². The Morgan fingerprint density at radius 2 is 1.64 bits per heavy atom. The average Bonchev–Trinajstić information content (AvgIpc) is 2.17. The van der Waals surface area contributed by atoms with Crippen LogP contribution in [0.5, 0.6) is 0 Å². The van der Waals surface area contributed by atoms with Gasteiger partial charge in [0, 0.05) is 0 Å². The maximum absolute atomic E-state index is 10.8. The van der Waals surface area contributed by atoms with Crippen molar-refractivity contribution in [2.75, 3.05) is 7.11 Å². The van der Waals surface area contributed by atoms with E-state index in [0.717, 1.165) is 0 Å². The zero-order valence-corrected chi connectivity index (χ0v) is 7.41. The molecular weight excluding hydrogens is 196 g/mol. The maximum atomic E-state index is 10.8. The third kappa shape index (κ3) is 6.10. The van der Waals surface area contributed by atoms with Gasteiger partial charge in [-0.1, -0.05) is 18.2 Å². The minimum Gasteiger partial charge on any atom is -0.465 e. The molecule has 0 unspecified atom stereocenters. The highest BCUT2D eigenvalue weighted by Gasteiger charge is 2.06. The first-order valence-electron chi connectivity index (χ1n) is 3.63. The molecule has 0 aromatic heterocycles. The lowest BCUT2D eigenvalue weighted by Gasteiger charge is -1.95. The quantitative estimate of drug-likeness (QED) is 0.518. The highest BCUT2D eigenvalue weighted by atomic mass is 19.4. The van der Waals surface area contributed by atoms with E-state index in [4.69, 9.17) is 0 Å². The first-order chi connectivity index (χ1) is 6.57. The van der Waals surface area contributed by atoms with E-state index >= 15 is 0 Å². The number of rotatable bonds is 1. The van der Waals surface area contributed by atoms with Crippen LogP contribution in [0, 0.1) is 0 Å². The molecule has 1 rings (SSSR count). The topological polar surface area (TPSA) is 26.3 Å². The Kier molecular flexibility index (Phi) is 6.27. The van der Waals surface area contributed by atoms with Gasteiger partial charge in [-0.3, -0.25) is 12.9 Å². The molecule has 14 heavy (non-hydrogen) atoms. The molecule has 0 bridgehead atoms. The molecule has 0 N–H and O–H groups in total. The van der Waals surface area contributed by atoms with Gasteiger partial charge in [0.1, 0.15) is 0 Å². The van der Waals surface area contributed by atoms with Crippen LogP contribution in [0.2, 0.25) is 0 Å². The normalized spacial score (nSPS) is 8.29. The Hall–Kier alpha value is -1.46. The predicted molar refractivity (Wildman–Crippen MR) is 46.9 cm³/mol. The van der Waals surface area contributed by atoms with Crippen molar-refractivity contribution in [1.29, 1.82) is 0 Å². The molecule has 0 atom stereocenters. The van der Waals surface area contributed by atoms with Crippen LogP contribution in [0.3, 0.4) is 0 Å². The van der Waals surface area contributed by atoms with Gasteiger partial charge in [-0.05, 0) is 12.1 Å². The van der Waals surface area contributed by atoms with Crippen molar-refractivity contribution in [1.82, 2.24) is 0 Å². The number of hydrogen-bond acceptors (Lipinski definition) is 2. The summed E-state index contributed by atoms with van der Waals surface area (Å²) in [4.78, 5) is 10.8. The van der Waals surface area contributed by atoms with Crippen LogP contribution in [0.25, 0.3) is 0 Å². The largest absolute Gasteiger partial charge is 0.762 e. The molecule has 1 aromatic rings. The second-order valence-corrected chi connectivity index (χ2v) is 2.11. The smallest absolute Gasteiger partial charge is 0.465 e. The van der Waals surface area contributed by atoms with E-state index in [-0.39, 0.29) is 5.97 Å². The second kappa shape index (κ2) is 7.00. The molecule has 0 aliphatic carbocycles. The summed E-state index contributed by atoms with van der Waals surface area (Å²) in [5, 5.41) is 0. The van der Waals surface area contributed by atoms with Gasteiger partial charge in [-0.2, -0.15) is 0 Å². The van der Waals surface area contributed by atoms with Crippen molar-refractivity contribution < 1.29 is 22.5 Å². The summed E-state index contributed by atoms with van der Waals surface area (Å²) >= 11 is 0. The van der Waals surface area contributed by atoms with Crippen molar-refractivity contribution in [3.05, 3.63) is 35.9 Å². The van der Waals surface area contributed by atoms with Crippen molar-refractivity contribution in [2.24, 2.45) is 0 Å². The Morgan fingerprint density at radius 3 is 2.00 bits per heavy atom. The minimum absolute atomic E-state index is 0.291. The number of carbonyl (C=O) groups is 1. The lowest BCUT2D eigenvalue weighted by atomic mass is 10.2. The summed E-state index contributed by atoms with van der Waals surface area (Å²) in [6, 6.07) is 8.88. The van der Waals surface area contributed by atoms with Crippen molar-refractivity contribution >= 4 is 13.5 Å². The SMILES string of the molecule is COC(=O)c1ccccc1.FB(F)F. The highest BCUT2D eigenvalue weighted by molar-refractivity contribution is 6.33. The van der Waals surface area contributed by atoms with E-state index in [2.05, 4.69) is 4.74 Å². The molecule has 1 aromatic carbocycles. The van der Waals surface area contributed by atoms with E-state index in [1.54, 1.807) is 24.3 Å². The zero-order valence-electron chi connectivity index (χ0n) is 7.41. The molecule has 76 valence electrons. The van der Waals surface area contributed by atoms with E-state index in [0.29, 0.717) is 5.56 Å². The monoisotopic (exact) mass is 204 g/mol. The number of halogens is 3. The molecule has 0 saturated carbocycles. The molecule has 0 spiro atoms. The summed E-state index contributed by atoms with van der Waals surface area (Å²) in [6.45, 7) is 0. The number of benzene rings is 1. The lowest BCUT2D eigenvalue weighted by molar-refractivity contribution is 0.0600. The molecule has 6 heteroatoms. The number of carbonyl (C=O) groups excluding carboxylic acids is 1. The van der Waals surface area contributed by atoms with Gasteiger partial charge >= 0.3 is 13.5 Å². The van der Waals surface area contributed by atoms with Gasteiger partial charge in [0.2, 0.25) is 0 Å². The lowest BCUT2D eigenvalue weighted by Crippen LogP contribution is -1.99.